The summed E-state index contributed by atoms with van der Waals surface area (Å²) in [4.78, 5) is 0. The molecule has 0 unspecified atom stereocenters. The molecule has 20 heavy (non-hydrogen) atoms. The topological polar surface area (TPSA) is 33.0 Å². The lowest BCUT2D eigenvalue weighted by Gasteiger charge is -2.11. The third-order valence-corrected chi connectivity index (χ3v) is 3.72. The van der Waals surface area contributed by atoms with Crippen LogP contribution in [-0.4, -0.2) is 0 Å². The van der Waals surface area contributed by atoms with Crippen molar-refractivity contribution in [3.8, 4) is 17.6 Å². The number of hydrogen-bond donors (Lipinski definition) is 0. The van der Waals surface area contributed by atoms with E-state index in [1.807, 2.05) is 54.6 Å². The van der Waals surface area contributed by atoms with Crippen molar-refractivity contribution in [1.82, 2.24) is 0 Å². The summed E-state index contributed by atoms with van der Waals surface area (Å²) in [5.74, 6) is 1.49. The lowest BCUT2D eigenvalue weighted by Crippen LogP contribution is -1.88. The maximum atomic E-state index is 9.16. The number of para-hydroxylation sites is 1. The molecule has 3 aromatic carbocycles. The zero-order valence-electron chi connectivity index (χ0n) is 10.5. The monoisotopic (exact) mass is 323 g/mol. The largest absolute Gasteiger partial charge is 0.456 e. The number of nitriles is 1. The second-order valence-electron chi connectivity index (χ2n) is 4.30. The molecule has 0 heterocycles. The van der Waals surface area contributed by atoms with Gasteiger partial charge in [-0.05, 0) is 40.2 Å². The van der Waals surface area contributed by atoms with E-state index in [-0.39, 0.29) is 0 Å². The molecule has 3 rings (SSSR count). The van der Waals surface area contributed by atoms with E-state index in [4.69, 9.17) is 10.00 Å². The minimum absolute atomic E-state index is 0.653. The number of benzene rings is 3. The van der Waals surface area contributed by atoms with Gasteiger partial charge in [0.15, 0.2) is 0 Å². The van der Waals surface area contributed by atoms with Crippen LogP contribution >= 0.6 is 15.9 Å². The van der Waals surface area contributed by atoms with Crippen molar-refractivity contribution in [3.63, 3.8) is 0 Å². The molecule has 0 bridgehead atoms. The Morgan fingerprint density at radius 3 is 2.25 bits per heavy atom. The van der Waals surface area contributed by atoms with Gasteiger partial charge in [-0.25, -0.2) is 0 Å². The van der Waals surface area contributed by atoms with E-state index >= 15 is 0 Å². The molecule has 0 atom stereocenters. The molecule has 0 spiro atoms. The lowest BCUT2D eigenvalue weighted by molar-refractivity contribution is 0.485. The van der Waals surface area contributed by atoms with Gasteiger partial charge in [-0.3, -0.25) is 0 Å². The zero-order chi connectivity index (χ0) is 13.9. The third-order valence-electron chi connectivity index (χ3n) is 3.06. The van der Waals surface area contributed by atoms with Crippen molar-refractivity contribution in [2.75, 3.05) is 0 Å². The van der Waals surface area contributed by atoms with Crippen LogP contribution in [0.25, 0.3) is 10.8 Å². The minimum Gasteiger partial charge on any atom is -0.456 e. The molecule has 0 aromatic heterocycles. The first-order chi connectivity index (χ1) is 9.79. The molecule has 0 aliphatic rings. The minimum atomic E-state index is 0.653. The molecule has 0 N–H and O–H groups in total. The maximum absolute atomic E-state index is 9.16. The van der Waals surface area contributed by atoms with Gasteiger partial charge < -0.3 is 4.74 Å². The van der Waals surface area contributed by atoms with E-state index in [2.05, 4.69) is 22.0 Å². The molecule has 0 saturated carbocycles. The van der Waals surface area contributed by atoms with Crippen LogP contribution in [-0.2, 0) is 0 Å². The fourth-order valence-corrected chi connectivity index (χ4v) is 2.47. The first-order valence-corrected chi connectivity index (χ1v) is 6.93. The number of fused-ring (bicyclic) bond motifs is 1. The molecular formula is C17H10BrNO. The van der Waals surface area contributed by atoms with Crippen molar-refractivity contribution in [2.24, 2.45) is 0 Å². The number of halogens is 1. The molecule has 0 saturated heterocycles. The number of rotatable bonds is 2. The van der Waals surface area contributed by atoms with Crippen molar-refractivity contribution >= 4 is 26.7 Å². The van der Waals surface area contributed by atoms with Crippen molar-refractivity contribution in [1.29, 1.82) is 5.26 Å². The van der Waals surface area contributed by atoms with Crippen LogP contribution in [0.5, 0.6) is 11.5 Å². The highest BCUT2D eigenvalue weighted by atomic mass is 79.9. The summed E-state index contributed by atoms with van der Waals surface area (Å²) in [6.45, 7) is 0. The zero-order valence-corrected chi connectivity index (χ0v) is 12.1. The summed E-state index contributed by atoms with van der Waals surface area (Å²) in [5.41, 5.74) is 0.653. The van der Waals surface area contributed by atoms with E-state index in [1.165, 1.54) is 0 Å². The van der Waals surface area contributed by atoms with Gasteiger partial charge in [0.2, 0.25) is 0 Å². The highest BCUT2D eigenvalue weighted by Gasteiger charge is 2.08. The fourth-order valence-electron chi connectivity index (χ4n) is 2.10. The Labute approximate surface area is 125 Å². The Hall–Kier alpha value is -2.31. The van der Waals surface area contributed by atoms with Gasteiger partial charge in [-0.15, -0.1) is 0 Å². The second-order valence-corrected chi connectivity index (χ2v) is 5.16. The Balaban J connectivity index is 2.14. The summed E-state index contributed by atoms with van der Waals surface area (Å²) in [6.07, 6.45) is 0. The number of hydrogen-bond acceptors (Lipinski definition) is 2. The Morgan fingerprint density at radius 2 is 1.50 bits per heavy atom. The molecule has 3 heteroatoms. The van der Waals surface area contributed by atoms with Crippen LogP contribution in [0.3, 0.4) is 0 Å². The maximum Gasteiger partial charge on any atom is 0.141 e. The van der Waals surface area contributed by atoms with Gasteiger partial charge in [-0.2, -0.15) is 5.26 Å². The second kappa shape index (κ2) is 5.36. The summed E-state index contributed by atoms with van der Waals surface area (Å²) in [7, 11) is 0. The highest BCUT2D eigenvalue weighted by molar-refractivity contribution is 9.10. The van der Waals surface area contributed by atoms with E-state index in [1.54, 1.807) is 6.07 Å². The highest BCUT2D eigenvalue weighted by Crippen LogP contribution is 2.34. The standard InChI is InChI=1S/C17H10BrNO/c18-15-7-3-4-8-17(15)20-16-10-9-12(11-19)13-5-1-2-6-14(13)16/h1-10H. The van der Waals surface area contributed by atoms with E-state index in [0.29, 0.717) is 5.56 Å². The average Bonchev–Trinajstić information content (AvgIpc) is 2.50. The van der Waals surface area contributed by atoms with Crippen LogP contribution in [0.15, 0.2) is 65.1 Å². The summed E-state index contributed by atoms with van der Waals surface area (Å²) < 4.78 is 6.86. The molecule has 96 valence electrons. The first-order valence-electron chi connectivity index (χ1n) is 6.14. The van der Waals surface area contributed by atoms with Crippen molar-refractivity contribution < 1.29 is 4.74 Å². The smallest absolute Gasteiger partial charge is 0.141 e. The van der Waals surface area contributed by atoms with Crippen LogP contribution in [0, 0.1) is 11.3 Å². The molecule has 0 aliphatic heterocycles. The molecule has 2 nitrogen and oxygen atoms in total. The SMILES string of the molecule is N#Cc1ccc(Oc2ccccc2Br)c2ccccc12. The third kappa shape index (κ3) is 2.26. The Morgan fingerprint density at radius 1 is 0.800 bits per heavy atom. The van der Waals surface area contributed by atoms with E-state index in [0.717, 1.165) is 26.7 Å². The van der Waals surface area contributed by atoms with Crippen molar-refractivity contribution in [3.05, 3.63) is 70.7 Å². The quantitative estimate of drug-likeness (QED) is 0.643. The van der Waals surface area contributed by atoms with Gasteiger partial charge >= 0.3 is 0 Å². The number of nitrogens with zero attached hydrogens (tertiary/aromatic N) is 1. The van der Waals surface area contributed by atoms with Gasteiger partial charge in [-0.1, -0.05) is 36.4 Å². The molecule has 0 aliphatic carbocycles. The molecule has 0 fully saturated rings. The van der Waals surface area contributed by atoms with Crippen LogP contribution in [0.1, 0.15) is 5.56 Å². The number of ether oxygens (including phenoxy) is 1. The van der Waals surface area contributed by atoms with E-state index < -0.39 is 0 Å². The molecular weight excluding hydrogens is 314 g/mol. The molecule has 0 radical (unpaired) electrons. The van der Waals surface area contributed by atoms with Crippen LogP contribution in [0.2, 0.25) is 0 Å². The summed E-state index contributed by atoms with van der Waals surface area (Å²) in [6, 6.07) is 21.3. The predicted octanol–water partition coefficient (Wildman–Crippen LogP) is 5.27. The van der Waals surface area contributed by atoms with Gasteiger partial charge in [0.05, 0.1) is 16.1 Å². The molecule has 3 aromatic rings. The average molecular weight is 324 g/mol. The predicted molar refractivity (Wildman–Crippen MR) is 82.9 cm³/mol. The molecule has 0 amide bonds. The summed E-state index contributed by atoms with van der Waals surface area (Å²) in [5, 5.41) is 11.0. The van der Waals surface area contributed by atoms with Crippen LogP contribution in [0.4, 0.5) is 0 Å². The van der Waals surface area contributed by atoms with Gasteiger partial charge in [0.1, 0.15) is 11.5 Å². The van der Waals surface area contributed by atoms with E-state index in [9.17, 15) is 0 Å². The van der Waals surface area contributed by atoms with Gasteiger partial charge in [0, 0.05) is 10.8 Å². The Bertz CT molecular complexity index is 821. The normalized spacial score (nSPS) is 10.2. The van der Waals surface area contributed by atoms with Crippen molar-refractivity contribution in [2.45, 2.75) is 0 Å². The Kier molecular flexibility index (Phi) is 3.41. The summed E-state index contributed by atoms with van der Waals surface area (Å²) >= 11 is 3.47. The lowest BCUT2D eigenvalue weighted by atomic mass is 10.0. The van der Waals surface area contributed by atoms with Gasteiger partial charge in [0.25, 0.3) is 0 Å². The fraction of sp³-hybridized carbons (Fsp3) is 0. The van der Waals surface area contributed by atoms with Crippen LogP contribution < -0.4 is 4.74 Å². The first kappa shape index (κ1) is 12.7.